The highest BCUT2D eigenvalue weighted by atomic mass is 32.2. The molecule has 0 aromatic carbocycles. The average molecular weight is 591 g/mol. The van der Waals surface area contributed by atoms with Gasteiger partial charge < -0.3 is 36.0 Å². The van der Waals surface area contributed by atoms with Crippen LogP contribution in [0.3, 0.4) is 0 Å². The third-order valence-corrected chi connectivity index (χ3v) is 13.2. The second kappa shape index (κ2) is 26.1. The molecule has 0 unspecified atom stereocenters. The molecule has 0 aliphatic heterocycles. The monoisotopic (exact) mass is 590 g/mol. The molecule has 0 saturated carbocycles. The zero-order valence-electron chi connectivity index (χ0n) is 23.8. The molecule has 0 radical (unpaired) electrons. The van der Waals surface area contributed by atoms with E-state index in [2.05, 4.69) is 0 Å². The molecule has 218 valence electrons. The molecule has 36 heavy (non-hydrogen) atoms. The second-order valence-electron chi connectivity index (χ2n) is 7.62. The lowest BCUT2D eigenvalue weighted by atomic mass is 10.6. The molecule has 0 heterocycles. The fourth-order valence-electron chi connectivity index (χ4n) is 3.55. The van der Waals surface area contributed by atoms with Crippen LogP contribution in [-0.4, -0.2) is 107 Å². The van der Waals surface area contributed by atoms with Gasteiger partial charge in [-0.15, -0.1) is 0 Å². The Hall–Kier alpha value is 0.814. The van der Waals surface area contributed by atoms with Crippen LogP contribution in [0.15, 0.2) is 0 Å². The number of thioether (sulfide) groups is 2. The summed E-state index contributed by atoms with van der Waals surface area (Å²) in [6.07, 6.45) is 2.06. The van der Waals surface area contributed by atoms with E-state index in [4.69, 9.17) is 36.0 Å². The van der Waals surface area contributed by atoms with Gasteiger partial charge in [0.05, 0.1) is 26.4 Å². The fraction of sp³-hybridized carbons (Fsp3) is 1.00. The zero-order chi connectivity index (χ0) is 26.8. The summed E-state index contributed by atoms with van der Waals surface area (Å²) >= 11 is 3.80. The van der Waals surface area contributed by atoms with E-state index in [0.29, 0.717) is 52.9 Å². The van der Waals surface area contributed by atoms with Crippen molar-refractivity contribution in [2.45, 2.75) is 66.5 Å². The SMILES string of the molecule is CCO[Si](CCCSCCOCCOCCSCCC[Si](OCC)(OCC)OCC)(OCC)OCC. The Bertz CT molecular complexity index is 396. The van der Waals surface area contributed by atoms with Crippen LogP contribution in [0.25, 0.3) is 0 Å². The molecule has 12 heteroatoms. The van der Waals surface area contributed by atoms with Crippen LogP contribution in [0.1, 0.15) is 54.4 Å². The van der Waals surface area contributed by atoms with Gasteiger partial charge in [-0.1, -0.05) is 0 Å². The van der Waals surface area contributed by atoms with E-state index in [1.54, 1.807) is 0 Å². The molecule has 0 saturated heterocycles. The number of hydrogen-bond acceptors (Lipinski definition) is 10. The highest BCUT2D eigenvalue weighted by Gasteiger charge is 2.40. The van der Waals surface area contributed by atoms with Gasteiger partial charge in [-0.25, -0.2) is 0 Å². The van der Waals surface area contributed by atoms with Crippen LogP contribution in [0.4, 0.5) is 0 Å². The van der Waals surface area contributed by atoms with Gasteiger partial charge in [0.1, 0.15) is 0 Å². The van der Waals surface area contributed by atoms with Crippen LogP contribution in [0.5, 0.6) is 0 Å². The van der Waals surface area contributed by atoms with Crippen molar-refractivity contribution in [2.24, 2.45) is 0 Å². The molecule has 0 aromatic rings. The van der Waals surface area contributed by atoms with Crippen molar-refractivity contribution in [3.8, 4) is 0 Å². The summed E-state index contributed by atoms with van der Waals surface area (Å²) in [7, 11) is -5.00. The van der Waals surface area contributed by atoms with Crippen molar-refractivity contribution in [3.63, 3.8) is 0 Å². The fourth-order valence-corrected chi connectivity index (χ4v) is 10.9. The summed E-state index contributed by atoms with van der Waals surface area (Å²) in [5.74, 6) is 4.08. The molecule has 0 amide bonds. The molecule has 0 fully saturated rings. The van der Waals surface area contributed by atoms with E-state index in [9.17, 15) is 0 Å². The second-order valence-corrected chi connectivity index (χ2v) is 15.5. The molecule has 0 spiro atoms. The predicted octanol–water partition coefficient (Wildman–Crippen LogP) is 5.36. The lowest BCUT2D eigenvalue weighted by Crippen LogP contribution is -2.46. The summed E-state index contributed by atoms with van der Waals surface area (Å²) in [5, 5.41) is 0. The number of hydrogen-bond donors (Lipinski definition) is 0. The number of ether oxygens (including phenoxy) is 2. The first-order chi connectivity index (χ1) is 17.6. The normalized spacial score (nSPS) is 12.5. The maximum atomic E-state index is 5.90. The molecule has 0 aromatic heterocycles. The molecule has 0 aliphatic carbocycles. The standard InChI is InChI=1S/C24H54O8S2Si2/c1-7-27-35(28-8-2,29-9-3)23-13-19-33-21-17-25-15-16-26-18-22-34-20-14-24-36(30-10-4,31-11-5)32-12-6/h7-24H2,1-6H3. The molecule has 0 aliphatic rings. The van der Waals surface area contributed by atoms with E-state index < -0.39 is 17.6 Å². The van der Waals surface area contributed by atoms with Gasteiger partial charge in [-0.3, -0.25) is 0 Å². The van der Waals surface area contributed by atoms with E-state index in [1.165, 1.54) is 0 Å². The predicted molar refractivity (Wildman–Crippen MR) is 156 cm³/mol. The summed E-state index contributed by atoms with van der Waals surface area (Å²) in [5.41, 5.74) is 0. The van der Waals surface area contributed by atoms with Crippen molar-refractivity contribution in [2.75, 3.05) is 89.1 Å². The highest BCUT2D eigenvalue weighted by molar-refractivity contribution is 7.99. The Labute approximate surface area is 232 Å². The highest BCUT2D eigenvalue weighted by Crippen LogP contribution is 2.21. The average Bonchev–Trinajstić information content (AvgIpc) is 2.85. The first-order valence-corrected chi connectivity index (χ1v) is 19.9. The van der Waals surface area contributed by atoms with Gasteiger partial charge in [0, 0.05) is 63.2 Å². The van der Waals surface area contributed by atoms with Crippen LogP contribution in [0, 0.1) is 0 Å². The molecule has 0 N–H and O–H groups in total. The smallest absolute Gasteiger partial charge is 0.378 e. The van der Waals surface area contributed by atoms with Crippen molar-refractivity contribution in [1.29, 1.82) is 0 Å². The summed E-state index contributed by atoms with van der Waals surface area (Å²) in [6.45, 7) is 18.6. The zero-order valence-corrected chi connectivity index (χ0v) is 27.4. The quantitative estimate of drug-likeness (QED) is 0.0839. The van der Waals surface area contributed by atoms with E-state index in [0.717, 1.165) is 61.2 Å². The Morgan fingerprint density at radius 1 is 0.417 bits per heavy atom. The number of rotatable bonds is 29. The third-order valence-electron chi connectivity index (χ3n) is 4.84. The first kappa shape index (κ1) is 36.8. The minimum Gasteiger partial charge on any atom is -0.378 e. The van der Waals surface area contributed by atoms with E-state index in [-0.39, 0.29) is 0 Å². The third kappa shape index (κ3) is 19.0. The minimum atomic E-state index is -2.50. The molecule has 0 atom stereocenters. The first-order valence-electron chi connectivity index (χ1n) is 13.7. The lowest BCUT2D eigenvalue weighted by molar-refractivity contribution is 0.0605. The lowest BCUT2D eigenvalue weighted by Gasteiger charge is -2.28. The van der Waals surface area contributed by atoms with Gasteiger partial charge >= 0.3 is 17.6 Å². The van der Waals surface area contributed by atoms with Crippen molar-refractivity contribution < 1.29 is 36.0 Å². The van der Waals surface area contributed by atoms with Gasteiger partial charge in [0.15, 0.2) is 0 Å². The van der Waals surface area contributed by atoms with Crippen molar-refractivity contribution >= 4 is 41.1 Å². The van der Waals surface area contributed by atoms with Crippen LogP contribution in [-0.2, 0) is 36.0 Å². The van der Waals surface area contributed by atoms with Gasteiger partial charge in [-0.05, 0) is 65.9 Å². The van der Waals surface area contributed by atoms with Crippen molar-refractivity contribution in [1.82, 2.24) is 0 Å². The minimum absolute atomic E-state index is 0.632. The molecule has 0 bridgehead atoms. The molecular formula is C24H54O8S2Si2. The Balaban J connectivity index is 3.66. The Morgan fingerprint density at radius 2 is 0.722 bits per heavy atom. The van der Waals surface area contributed by atoms with Crippen LogP contribution < -0.4 is 0 Å². The summed E-state index contributed by atoms with van der Waals surface area (Å²) in [6, 6.07) is 1.74. The maximum Gasteiger partial charge on any atom is 0.500 e. The summed E-state index contributed by atoms with van der Waals surface area (Å²) in [4.78, 5) is 0. The molecular weight excluding hydrogens is 537 g/mol. The van der Waals surface area contributed by atoms with Crippen molar-refractivity contribution in [3.05, 3.63) is 0 Å². The topological polar surface area (TPSA) is 73.8 Å². The van der Waals surface area contributed by atoms with E-state index >= 15 is 0 Å². The van der Waals surface area contributed by atoms with E-state index in [1.807, 2.05) is 65.1 Å². The molecule has 0 rings (SSSR count). The van der Waals surface area contributed by atoms with Gasteiger partial charge in [0.25, 0.3) is 0 Å². The van der Waals surface area contributed by atoms with Crippen LogP contribution in [0.2, 0.25) is 12.1 Å². The van der Waals surface area contributed by atoms with Crippen LogP contribution >= 0.6 is 23.5 Å². The molecule has 8 nitrogen and oxygen atoms in total. The Morgan fingerprint density at radius 3 is 1.00 bits per heavy atom. The summed E-state index contributed by atoms with van der Waals surface area (Å²) < 4.78 is 46.8. The van der Waals surface area contributed by atoms with Gasteiger partial charge in [0.2, 0.25) is 0 Å². The Kier molecular flexibility index (Phi) is 26.6. The van der Waals surface area contributed by atoms with Gasteiger partial charge in [-0.2, -0.15) is 23.5 Å². The largest absolute Gasteiger partial charge is 0.500 e. The maximum absolute atomic E-state index is 5.90.